The number of hydrogen-bond acceptors (Lipinski definition) is 3. The number of nitrogens with zero attached hydrogens (tertiary/aromatic N) is 1. The average Bonchev–Trinajstić information content (AvgIpc) is 2.41. The van der Waals surface area contributed by atoms with Crippen molar-refractivity contribution >= 4 is 47.9 Å². The Morgan fingerprint density at radius 3 is 2.48 bits per heavy atom. The minimum Gasteiger partial charge on any atom is -0.481 e. The molecule has 0 spiro atoms. The zero-order valence-corrected chi connectivity index (χ0v) is 15.1. The molecule has 116 valence electrons. The second kappa shape index (κ2) is 6.76. The molecule has 2 rings (SSSR count). The van der Waals surface area contributed by atoms with Crippen LogP contribution >= 0.6 is 31.9 Å². The summed E-state index contributed by atoms with van der Waals surface area (Å²) < 4.78 is 27.9. The molecule has 1 aliphatic rings. The van der Waals surface area contributed by atoms with Crippen LogP contribution in [-0.2, 0) is 14.8 Å². The lowest BCUT2D eigenvalue weighted by Crippen LogP contribution is -2.39. The second-order valence-corrected chi connectivity index (χ2v) is 8.70. The molecule has 1 aromatic carbocycles. The van der Waals surface area contributed by atoms with Gasteiger partial charge in [-0.25, -0.2) is 8.42 Å². The van der Waals surface area contributed by atoms with Gasteiger partial charge in [0.15, 0.2) is 0 Å². The summed E-state index contributed by atoms with van der Waals surface area (Å²) in [4.78, 5) is 10.9. The normalized spacial score (nSPS) is 17.8. The number of carbonyl (C=O) groups is 1. The maximum Gasteiger partial charge on any atom is 0.303 e. The Balaban J connectivity index is 2.15. The van der Waals surface area contributed by atoms with Crippen molar-refractivity contribution in [2.45, 2.75) is 24.2 Å². The highest BCUT2D eigenvalue weighted by molar-refractivity contribution is 9.11. The number of sulfonamides is 1. The van der Waals surface area contributed by atoms with Gasteiger partial charge in [-0.2, -0.15) is 4.31 Å². The van der Waals surface area contributed by atoms with Gasteiger partial charge >= 0.3 is 5.97 Å². The monoisotopic (exact) mass is 439 g/mol. The van der Waals surface area contributed by atoms with Crippen LogP contribution in [0.5, 0.6) is 0 Å². The van der Waals surface area contributed by atoms with Gasteiger partial charge in [0, 0.05) is 28.5 Å². The summed E-state index contributed by atoms with van der Waals surface area (Å²) in [7, 11) is -3.56. The maximum atomic E-state index is 12.6. The van der Waals surface area contributed by atoms with Crippen molar-refractivity contribution in [3.63, 3.8) is 0 Å². The van der Waals surface area contributed by atoms with Crippen LogP contribution in [0.25, 0.3) is 0 Å². The Morgan fingerprint density at radius 2 is 1.90 bits per heavy atom. The molecule has 0 aromatic heterocycles. The second-order valence-electron chi connectivity index (χ2n) is 5.02. The van der Waals surface area contributed by atoms with Crippen LogP contribution in [0.2, 0.25) is 0 Å². The van der Waals surface area contributed by atoms with E-state index in [0.29, 0.717) is 34.9 Å². The molecule has 0 radical (unpaired) electrons. The minimum atomic E-state index is -3.56. The SMILES string of the molecule is O=C(O)CC1CCN(S(=O)(=O)c2cc(Br)ccc2Br)CC1. The molecule has 0 unspecified atom stereocenters. The van der Waals surface area contributed by atoms with E-state index in [-0.39, 0.29) is 17.2 Å². The number of benzene rings is 1. The van der Waals surface area contributed by atoms with E-state index >= 15 is 0 Å². The molecule has 0 aliphatic carbocycles. The third-order valence-corrected chi connectivity index (χ3v) is 6.93. The highest BCUT2D eigenvalue weighted by Gasteiger charge is 2.31. The largest absolute Gasteiger partial charge is 0.481 e. The van der Waals surface area contributed by atoms with Crippen molar-refractivity contribution in [2.75, 3.05) is 13.1 Å². The molecule has 0 bridgehead atoms. The van der Waals surface area contributed by atoms with Crippen LogP contribution in [0.3, 0.4) is 0 Å². The quantitative estimate of drug-likeness (QED) is 0.780. The van der Waals surface area contributed by atoms with Crippen LogP contribution in [-0.4, -0.2) is 36.9 Å². The van der Waals surface area contributed by atoms with E-state index in [1.807, 2.05) is 0 Å². The molecule has 1 saturated heterocycles. The lowest BCUT2D eigenvalue weighted by molar-refractivity contribution is -0.138. The molecule has 1 aromatic rings. The first-order valence-corrected chi connectivity index (χ1v) is 9.50. The van der Waals surface area contributed by atoms with Gasteiger partial charge in [-0.1, -0.05) is 15.9 Å². The third-order valence-electron chi connectivity index (χ3n) is 3.55. The van der Waals surface area contributed by atoms with Gasteiger partial charge in [0.1, 0.15) is 0 Å². The molecule has 5 nitrogen and oxygen atoms in total. The number of piperidine rings is 1. The van der Waals surface area contributed by atoms with E-state index in [1.54, 1.807) is 18.2 Å². The first kappa shape index (κ1) is 16.9. The van der Waals surface area contributed by atoms with Crippen LogP contribution < -0.4 is 0 Å². The molecule has 1 aliphatic heterocycles. The molecular formula is C13H15Br2NO4S. The predicted molar refractivity (Wildman–Crippen MR) is 85.6 cm³/mol. The van der Waals surface area contributed by atoms with E-state index in [2.05, 4.69) is 31.9 Å². The van der Waals surface area contributed by atoms with Gasteiger partial charge in [0.25, 0.3) is 0 Å². The maximum absolute atomic E-state index is 12.6. The van der Waals surface area contributed by atoms with E-state index in [0.717, 1.165) is 0 Å². The fraction of sp³-hybridized carbons (Fsp3) is 0.462. The summed E-state index contributed by atoms with van der Waals surface area (Å²) in [6, 6.07) is 5.03. The first-order chi connectivity index (χ1) is 9.80. The average molecular weight is 441 g/mol. The first-order valence-electron chi connectivity index (χ1n) is 6.47. The van der Waals surface area contributed by atoms with Crippen molar-refractivity contribution < 1.29 is 18.3 Å². The molecule has 0 atom stereocenters. The fourth-order valence-electron chi connectivity index (χ4n) is 2.41. The van der Waals surface area contributed by atoms with Crippen molar-refractivity contribution in [2.24, 2.45) is 5.92 Å². The van der Waals surface area contributed by atoms with Gasteiger partial charge in [-0.3, -0.25) is 4.79 Å². The zero-order chi connectivity index (χ0) is 15.6. The van der Waals surface area contributed by atoms with Crippen LogP contribution in [0, 0.1) is 5.92 Å². The lowest BCUT2D eigenvalue weighted by atomic mass is 9.95. The number of halogens is 2. The summed E-state index contributed by atoms with van der Waals surface area (Å²) in [5, 5.41) is 8.79. The van der Waals surface area contributed by atoms with Gasteiger partial charge in [0.2, 0.25) is 10.0 Å². The highest BCUT2D eigenvalue weighted by atomic mass is 79.9. The van der Waals surface area contributed by atoms with Crippen molar-refractivity contribution in [3.05, 3.63) is 27.1 Å². The zero-order valence-electron chi connectivity index (χ0n) is 11.1. The topological polar surface area (TPSA) is 74.7 Å². The van der Waals surface area contributed by atoms with E-state index in [1.165, 1.54) is 4.31 Å². The van der Waals surface area contributed by atoms with Gasteiger partial charge in [-0.05, 0) is 52.9 Å². The Kier molecular flexibility index (Phi) is 5.45. The Bertz CT molecular complexity index is 640. The fourth-order valence-corrected chi connectivity index (χ4v) is 5.35. The van der Waals surface area contributed by atoms with E-state index in [9.17, 15) is 13.2 Å². The minimum absolute atomic E-state index is 0.0555. The number of hydrogen-bond donors (Lipinski definition) is 1. The predicted octanol–water partition coefficient (Wildman–Crippen LogP) is 3.09. The lowest BCUT2D eigenvalue weighted by Gasteiger charge is -2.30. The Morgan fingerprint density at radius 1 is 1.29 bits per heavy atom. The summed E-state index contributed by atoms with van der Waals surface area (Å²) in [5.74, 6) is -0.772. The van der Waals surface area contributed by atoms with E-state index < -0.39 is 16.0 Å². The number of rotatable bonds is 4. The number of carboxylic acid groups (broad SMARTS) is 1. The summed E-state index contributed by atoms with van der Waals surface area (Å²) in [5.41, 5.74) is 0. The molecule has 1 heterocycles. The highest BCUT2D eigenvalue weighted by Crippen LogP contribution is 2.31. The van der Waals surface area contributed by atoms with Crippen LogP contribution in [0.15, 0.2) is 32.0 Å². The molecule has 0 amide bonds. The van der Waals surface area contributed by atoms with Crippen molar-refractivity contribution in [1.29, 1.82) is 0 Å². The molecule has 21 heavy (non-hydrogen) atoms. The van der Waals surface area contributed by atoms with Gasteiger partial charge in [0.05, 0.1) is 4.90 Å². The molecule has 1 N–H and O–H groups in total. The van der Waals surface area contributed by atoms with Crippen molar-refractivity contribution in [1.82, 2.24) is 4.31 Å². The Labute approximate surface area is 140 Å². The van der Waals surface area contributed by atoms with Gasteiger partial charge < -0.3 is 5.11 Å². The van der Waals surface area contributed by atoms with Gasteiger partial charge in [-0.15, -0.1) is 0 Å². The molecule has 1 fully saturated rings. The molecular weight excluding hydrogens is 426 g/mol. The smallest absolute Gasteiger partial charge is 0.303 e. The van der Waals surface area contributed by atoms with Crippen molar-refractivity contribution in [3.8, 4) is 0 Å². The van der Waals surface area contributed by atoms with Crippen LogP contribution in [0.1, 0.15) is 19.3 Å². The number of carboxylic acids is 1. The summed E-state index contributed by atoms with van der Waals surface area (Å²) in [6.45, 7) is 0.721. The number of aliphatic carboxylic acids is 1. The Hall–Kier alpha value is -0.440. The van der Waals surface area contributed by atoms with E-state index in [4.69, 9.17) is 5.11 Å². The summed E-state index contributed by atoms with van der Waals surface area (Å²) >= 11 is 6.55. The molecule has 0 saturated carbocycles. The standard InChI is InChI=1S/C13H15Br2NO4S/c14-10-1-2-11(15)12(8-10)21(19,20)16-5-3-9(4-6-16)7-13(17)18/h1-2,8-9H,3-7H2,(H,17,18). The summed E-state index contributed by atoms with van der Waals surface area (Å²) in [6.07, 6.45) is 1.27. The van der Waals surface area contributed by atoms with Crippen LogP contribution in [0.4, 0.5) is 0 Å². The third kappa shape index (κ3) is 4.06. The molecule has 8 heteroatoms.